The largest absolute Gasteiger partial charge is 0.462 e. The first-order valence-corrected chi connectivity index (χ1v) is 7.09. The second-order valence-corrected chi connectivity index (χ2v) is 5.93. The Kier molecular flexibility index (Phi) is 6.65. The summed E-state index contributed by atoms with van der Waals surface area (Å²) < 4.78 is 5.53. The van der Waals surface area contributed by atoms with Gasteiger partial charge in [0.25, 0.3) is 0 Å². The minimum atomic E-state index is -0.0688. The molecular formula is C14H28N2O2. The average Bonchev–Trinajstić information content (AvgIpc) is 2.30. The third-order valence-corrected chi connectivity index (χ3v) is 3.56. The maximum atomic E-state index is 11.9. The van der Waals surface area contributed by atoms with Gasteiger partial charge in [0.2, 0.25) is 0 Å². The summed E-state index contributed by atoms with van der Waals surface area (Å²) in [6.45, 7) is 6.92. The van der Waals surface area contributed by atoms with Crippen LogP contribution in [0.15, 0.2) is 0 Å². The van der Waals surface area contributed by atoms with Crippen molar-refractivity contribution < 1.29 is 9.53 Å². The predicted octanol–water partition coefficient (Wildman–Crippen LogP) is 1.63. The second kappa shape index (κ2) is 7.74. The molecule has 0 bridgehead atoms. The monoisotopic (exact) mass is 256 g/mol. The van der Waals surface area contributed by atoms with Crippen LogP contribution in [0.1, 0.15) is 39.5 Å². The fraction of sp³-hybridized carbons (Fsp3) is 0.929. The standard InChI is InChI=1S/C14H28N2O2/c1-11(2)8-12(10-15)9-14(17)18-13-4-6-16(3)7-5-13/h11-13H,4-10,15H2,1-3H3. The van der Waals surface area contributed by atoms with Crippen molar-refractivity contribution in [1.82, 2.24) is 4.90 Å². The minimum Gasteiger partial charge on any atom is -0.462 e. The molecule has 1 saturated heterocycles. The fourth-order valence-corrected chi connectivity index (χ4v) is 2.50. The van der Waals surface area contributed by atoms with Crippen LogP contribution < -0.4 is 5.73 Å². The molecule has 0 aliphatic carbocycles. The van der Waals surface area contributed by atoms with Gasteiger partial charge in [0.1, 0.15) is 6.10 Å². The van der Waals surface area contributed by atoms with Crippen molar-refractivity contribution in [2.24, 2.45) is 17.6 Å². The number of nitrogens with zero attached hydrogens (tertiary/aromatic N) is 1. The lowest BCUT2D eigenvalue weighted by Gasteiger charge is -2.29. The van der Waals surface area contributed by atoms with Gasteiger partial charge in [-0.25, -0.2) is 0 Å². The van der Waals surface area contributed by atoms with Crippen molar-refractivity contribution in [3.8, 4) is 0 Å². The third-order valence-electron chi connectivity index (χ3n) is 3.56. The Balaban J connectivity index is 2.27. The third kappa shape index (κ3) is 5.83. The molecule has 0 amide bonds. The van der Waals surface area contributed by atoms with Gasteiger partial charge in [0.05, 0.1) is 0 Å². The zero-order chi connectivity index (χ0) is 13.5. The SMILES string of the molecule is CC(C)CC(CN)CC(=O)OC1CCN(C)CC1. The Hall–Kier alpha value is -0.610. The van der Waals surface area contributed by atoms with Crippen LogP contribution in [0, 0.1) is 11.8 Å². The van der Waals surface area contributed by atoms with Crippen LogP contribution in [-0.4, -0.2) is 43.7 Å². The van der Waals surface area contributed by atoms with E-state index in [9.17, 15) is 4.79 Å². The van der Waals surface area contributed by atoms with Gasteiger partial charge in [-0.05, 0) is 44.7 Å². The van der Waals surface area contributed by atoms with E-state index in [1.54, 1.807) is 0 Å². The van der Waals surface area contributed by atoms with E-state index in [1.165, 1.54) is 0 Å². The Labute approximate surface area is 111 Å². The molecule has 4 nitrogen and oxygen atoms in total. The molecule has 1 fully saturated rings. The normalized spacial score (nSPS) is 20.1. The number of carbonyl (C=O) groups excluding carboxylic acids is 1. The lowest BCUT2D eigenvalue weighted by atomic mass is 9.94. The Morgan fingerprint density at radius 2 is 2.00 bits per heavy atom. The molecule has 4 heteroatoms. The van der Waals surface area contributed by atoms with E-state index in [4.69, 9.17) is 10.5 Å². The summed E-state index contributed by atoms with van der Waals surface area (Å²) in [6.07, 6.45) is 3.51. The molecular weight excluding hydrogens is 228 g/mol. The van der Waals surface area contributed by atoms with Crippen molar-refractivity contribution in [3.63, 3.8) is 0 Å². The molecule has 0 aromatic rings. The average molecular weight is 256 g/mol. The summed E-state index contributed by atoms with van der Waals surface area (Å²) in [7, 11) is 2.10. The van der Waals surface area contributed by atoms with Crippen LogP contribution in [0.25, 0.3) is 0 Å². The van der Waals surface area contributed by atoms with Crippen molar-refractivity contribution in [2.75, 3.05) is 26.7 Å². The fourth-order valence-electron chi connectivity index (χ4n) is 2.50. The number of hydrogen-bond acceptors (Lipinski definition) is 4. The quantitative estimate of drug-likeness (QED) is 0.734. The molecule has 0 radical (unpaired) electrons. The summed E-state index contributed by atoms with van der Waals surface area (Å²) in [5, 5.41) is 0. The number of likely N-dealkylation sites (tertiary alicyclic amines) is 1. The molecule has 2 N–H and O–H groups in total. The zero-order valence-electron chi connectivity index (χ0n) is 12.0. The first-order chi connectivity index (χ1) is 8.51. The molecule has 0 saturated carbocycles. The summed E-state index contributed by atoms with van der Waals surface area (Å²) in [5.41, 5.74) is 5.71. The van der Waals surface area contributed by atoms with E-state index in [1.807, 2.05) is 0 Å². The summed E-state index contributed by atoms with van der Waals surface area (Å²) in [6, 6.07) is 0. The van der Waals surface area contributed by atoms with E-state index >= 15 is 0 Å². The molecule has 1 aliphatic heterocycles. The van der Waals surface area contributed by atoms with Gasteiger partial charge in [0.15, 0.2) is 0 Å². The van der Waals surface area contributed by atoms with E-state index in [2.05, 4.69) is 25.8 Å². The molecule has 0 spiro atoms. The highest BCUT2D eigenvalue weighted by atomic mass is 16.5. The number of nitrogens with two attached hydrogens (primary N) is 1. The number of hydrogen-bond donors (Lipinski definition) is 1. The van der Waals surface area contributed by atoms with Gasteiger partial charge in [-0.1, -0.05) is 13.8 Å². The molecule has 106 valence electrons. The Morgan fingerprint density at radius 1 is 1.39 bits per heavy atom. The van der Waals surface area contributed by atoms with Crippen LogP contribution >= 0.6 is 0 Å². The number of ether oxygens (including phenoxy) is 1. The smallest absolute Gasteiger partial charge is 0.306 e. The van der Waals surface area contributed by atoms with Crippen molar-refractivity contribution in [3.05, 3.63) is 0 Å². The molecule has 1 heterocycles. The van der Waals surface area contributed by atoms with Crippen LogP contribution in [0.5, 0.6) is 0 Å². The topological polar surface area (TPSA) is 55.6 Å². The highest BCUT2D eigenvalue weighted by Crippen LogP contribution is 2.17. The van der Waals surface area contributed by atoms with Gasteiger partial charge in [-0.3, -0.25) is 4.79 Å². The van der Waals surface area contributed by atoms with Gasteiger partial charge in [-0.2, -0.15) is 0 Å². The summed E-state index contributed by atoms with van der Waals surface area (Å²) >= 11 is 0. The van der Waals surface area contributed by atoms with Gasteiger partial charge in [0, 0.05) is 19.5 Å². The number of rotatable bonds is 6. The van der Waals surface area contributed by atoms with Crippen molar-refractivity contribution >= 4 is 5.97 Å². The molecule has 18 heavy (non-hydrogen) atoms. The highest BCUT2D eigenvalue weighted by molar-refractivity contribution is 5.69. The first-order valence-electron chi connectivity index (χ1n) is 7.09. The van der Waals surface area contributed by atoms with E-state index in [0.717, 1.165) is 32.4 Å². The number of piperidine rings is 1. The lowest BCUT2D eigenvalue weighted by molar-refractivity contribution is -0.152. The minimum absolute atomic E-state index is 0.0688. The van der Waals surface area contributed by atoms with Gasteiger partial charge < -0.3 is 15.4 Å². The number of carbonyl (C=O) groups is 1. The predicted molar refractivity (Wildman–Crippen MR) is 73.2 cm³/mol. The van der Waals surface area contributed by atoms with Crippen LogP contribution in [-0.2, 0) is 9.53 Å². The highest BCUT2D eigenvalue weighted by Gasteiger charge is 2.22. The molecule has 1 aliphatic rings. The van der Waals surface area contributed by atoms with E-state index in [0.29, 0.717) is 18.9 Å². The molecule has 0 aromatic heterocycles. The van der Waals surface area contributed by atoms with E-state index in [-0.39, 0.29) is 18.0 Å². The van der Waals surface area contributed by atoms with Crippen LogP contribution in [0.4, 0.5) is 0 Å². The van der Waals surface area contributed by atoms with Crippen LogP contribution in [0.3, 0.4) is 0 Å². The Morgan fingerprint density at radius 3 is 2.50 bits per heavy atom. The molecule has 1 rings (SSSR count). The van der Waals surface area contributed by atoms with Crippen molar-refractivity contribution in [2.45, 2.75) is 45.6 Å². The second-order valence-electron chi connectivity index (χ2n) is 5.93. The first kappa shape index (κ1) is 15.4. The van der Waals surface area contributed by atoms with Gasteiger partial charge >= 0.3 is 5.97 Å². The maximum Gasteiger partial charge on any atom is 0.306 e. The summed E-state index contributed by atoms with van der Waals surface area (Å²) in [5.74, 6) is 0.777. The zero-order valence-corrected chi connectivity index (χ0v) is 12.0. The van der Waals surface area contributed by atoms with Crippen LogP contribution in [0.2, 0.25) is 0 Å². The van der Waals surface area contributed by atoms with Crippen molar-refractivity contribution in [1.29, 1.82) is 0 Å². The van der Waals surface area contributed by atoms with E-state index < -0.39 is 0 Å². The van der Waals surface area contributed by atoms with Gasteiger partial charge in [-0.15, -0.1) is 0 Å². The Bertz CT molecular complexity index is 248. The lowest BCUT2D eigenvalue weighted by Crippen LogP contribution is -2.35. The molecule has 1 unspecified atom stereocenters. The summed E-state index contributed by atoms with van der Waals surface area (Å²) in [4.78, 5) is 14.1. The molecule has 0 aromatic carbocycles. The molecule has 1 atom stereocenters. The maximum absolute atomic E-state index is 11.9. The number of esters is 1.